The van der Waals surface area contributed by atoms with Crippen molar-refractivity contribution >= 4 is 75.2 Å². The highest BCUT2D eigenvalue weighted by Gasteiger charge is 2.43. The fourth-order valence-electron chi connectivity index (χ4n) is 6.30. The van der Waals surface area contributed by atoms with Crippen LogP contribution in [-0.2, 0) is 19.2 Å². The van der Waals surface area contributed by atoms with Crippen LogP contribution in [0.2, 0.25) is 0 Å². The van der Waals surface area contributed by atoms with Gasteiger partial charge in [0.25, 0.3) is 0 Å². The monoisotopic (exact) mass is 659 g/mol. The van der Waals surface area contributed by atoms with Crippen LogP contribution in [0.25, 0.3) is 0 Å². The zero-order valence-corrected chi connectivity index (χ0v) is 27.4. The number of nitrogens with one attached hydrogen (secondary N) is 3. The molecule has 4 fully saturated rings. The highest BCUT2D eigenvalue weighted by molar-refractivity contribution is 8.14. The standard InChI is InChI=1S/C29H45N3O6S4/c33-23-15-18-16-40-21(27(18)31-23)8-3-6-12-26(37)42-19(7-1-4-10-24(34)35)13-14-39-25(36)11-5-2-9-22-28-20(17-41-22)30-29(38)32-28/h18-22,27-28H,1-17H2,(H,31,33)(H,34,35)(H2,30,32,38). The molecule has 0 aliphatic carbocycles. The van der Waals surface area contributed by atoms with E-state index in [4.69, 9.17) is 5.11 Å². The maximum Gasteiger partial charge on any atom is 0.315 e. The number of aliphatic carboxylic acids is 1. The normalized spacial score (nSPS) is 28.6. The van der Waals surface area contributed by atoms with Gasteiger partial charge in [-0.2, -0.15) is 23.5 Å². The summed E-state index contributed by atoms with van der Waals surface area (Å²) in [5.74, 6) is 2.52. The molecule has 0 radical (unpaired) electrons. The number of carbonyl (C=O) groups is 5. The van der Waals surface area contributed by atoms with Crippen LogP contribution in [0.1, 0.15) is 89.9 Å². The Morgan fingerprint density at radius 2 is 1.50 bits per heavy atom. The number of hydrogen-bond acceptors (Lipinski definition) is 9. The number of carbonyl (C=O) groups excluding carboxylic acids is 4. The first-order chi connectivity index (χ1) is 20.3. The van der Waals surface area contributed by atoms with Gasteiger partial charge in [-0.25, -0.2) is 4.79 Å². The van der Waals surface area contributed by atoms with Crippen molar-refractivity contribution in [2.75, 3.05) is 17.3 Å². The molecule has 0 spiro atoms. The molecule has 0 bridgehead atoms. The van der Waals surface area contributed by atoms with Gasteiger partial charge in [-0.05, 0) is 56.6 Å². The van der Waals surface area contributed by atoms with Gasteiger partial charge in [0, 0.05) is 59.0 Å². The fraction of sp³-hybridized carbons (Fsp3) is 0.828. The summed E-state index contributed by atoms with van der Waals surface area (Å²) in [4.78, 5) is 59.4. The zero-order chi connectivity index (χ0) is 29.9. The minimum absolute atomic E-state index is 0.0697. The van der Waals surface area contributed by atoms with Gasteiger partial charge >= 0.3 is 12.0 Å². The quantitative estimate of drug-likeness (QED) is 0.113. The van der Waals surface area contributed by atoms with Gasteiger partial charge in [0.2, 0.25) is 5.91 Å². The van der Waals surface area contributed by atoms with Gasteiger partial charge in [0.1, 0.15) is 0 Å². The van der Waals surface area contributed by atoms with Crippen LogP contribution >= 0.6 is 47.0 Å². The molecule has 4 heterocycles. The maximum absolute atomic E-state index is 12.8. The Kier molecular flexibility index (Phi) is 14.1. The van der Waals surface area contributed by atoms with Crippen molar-refractivity contribution in [3.63, 3.8) is 0 Å². The van der Waals surface area contributed by atoms with Crippen LogP contribution in [0.15, 0.2) is 0 Å². The number of thioether (sulfide) groups is 4. The summed E-state index contributed by atoms with van der Waals surface area (Å²) in [6.45, 7) is 0. The number of carboxylic acids is 1. The molecule has 0 aromatic heterocycles. The Morgan fingerprint density at radius 1 is 0.810 bits per heavy atom. The number of hydrogen-bond donors (Lipinski definition) is 4. The molecule has 3 amide bonds. The Labute approximate surface area is 266 Å². The number of carboxylic acid groups (broad SMARTS) is 1. The highest BCUT2D eigenvalue weighted by Crippen LogP contribution is 2.39. The number of amides is 3. The van der Waals surface area contributed by atoms with Crippen LogP contribution in [0, 0.1) is 5.92 Å². The molecule has 0 saturated carbocycles. The van der Waals surface area contributed by atoms with E-state index < -0.39 is 5.97 Å². The Bertz CT molecular complexity index is 972. The molecule has 0 aromatic rings. The van der Waals surface area contributed by atoms with Crippen molar-refractivity contribution in [3.8, 4) is 0 Å². The topological polar surface area (TPSA) is 142 Å². The second kappa shape index (κ2) is 17.4. The molecule has 42 heavy (non-hydrogen) atoms. The lowest BCUT2D eigenvalue weighted by Gasteiger charge is -2.18. The van der Waals surface area contributed by atoms with Crippen LogP contribution in [0.5, 0.6) is 0 Å². The second-order valence-electron chi connectivity index (χ2n) is 11.8. The van der Waals surface area contributed by atoms with E-state index in [1.165, 1.54) is 23.5 Å². The van der Waals surface area contributed by atoms with Crippen LogP contribution in [0.4, 0.5) is 4.79 Å². The van der Waals surface area contributed by atoms with Gasteiger partial charge in [-0.15, -0.1) is 0 Å². The van der Waals surface area contributed by atoms with E-state index in [9.17, 15) is 24.0 Å². The predicted molar refractivity (Wildman–Crippen MR) is 173 cm³/mol. The van der Waals surface area contributed by atoms with Gasteiger partial charge in [-0.1, -0.05) is 42.8 Å². The van der Waals surface area contributed by atoms with E-state index in [1.807, 2.05) is 23.5 Å². The molecular formula is C29H45N3O6S4. The molecule has 7 unspecified atom stereocenters. The molecule has 4 rings (SSSR count). The third-order valence-corrected chi connectivity index (χ3v) is 13.9. The van der Waals surface area contributed by atoms with Crippen molar-refractivity contribution in [2.24, 2.45) is 5.92 Å². The van der Waals surface area contributed by atoms with Crippen molar-refractivity contribution < 1.29 is 29.1 Å². The first-order valence-electron chi connectivity index (χ1n) is 15.4. The lowest BCUT2D eigenvalue weighted by Crippen LogP contribution is -2.36. The second-order valence-corrected chi connectivity index (χ2v) is 16.9. The van der Waals surface area contributed by atoms with Crippen molar-refractivity contribution in [1.29, 1.82) is 0 Å². The van der Waals surface area contributed by atoms with Gasteiger partial charge in [-0.3, -0.25) is 19.2 Å². The Hall–Kier alpha value is -1.05. The van der Waals surface area contributed by atoms with Crippen molar-refractivity contribution in [2.45, 2.75) is 124 Å². The number of urea groups is 1. The number of rotatable bonds is 19. The summed E-state index contributed by atoms with van der Waals surface area (Å²) in [7, 11) is 0. The van der Waals surface area contributed by atoms with E-state index in [2.05, 4.69) is 16.0 Å². The zero-order valence-electron chi connectivity index (χ0n) is 24.2. The lowest BCUT2D eigenvalue weighted by atomic mass is 9.97. The third-order valence-electron chi connectivity index (χ3n) is 8.55. The molecule has 236 valence electrons. The average Bonchev–Trinajstić information content (AvgIpc) is 3.69. The molecule has 7 atom stereocenters. The van der Waals surface area contributed by atoms with Crippen molar-refractivity contribution in [3.05, 3.63) is 0 Å². The van der Waals surface area contributed by atoms with E-state index in [0.29, 0.717) is 53.9 Å². The molecular weight excluding hydrogens is 615 g/mol. The minimum atomic E-state index is -0.795. The maximum atomic E-state index is 12.8. The molecule has 9 nitrogen and oxygen atoms in total. The SMILES string of the molecule is O=C(O)CCCCC(CCSC(=O)CCCCC1SCC2NC(=O)NC21)SC(=O)CCCCC1SCC2CC(=O)NC21. The first kappa shape index (κ1) is 33.8. The molecule has 4 N–H and O–H groups in total. The molecule has 13 heteroatoms. The minimum Gasteiger partial charge on any atom is -0.481 e. The van der Waals surface area contributed by atoms with Crippen LogP contribution < -0.4 is 16.0 Å². The molecule has 4 saturated heterocycles. The number of unbranched alkanes of at least 4 members (excludes halogenated alkanes) is 3. The summed E-state index contributed by atoms with van der Waals surface area (Å²) in [6, 6.07) is 0.666. The smallest absolute Gasteiger partial charge is 0.315 e. The van der Waals surface area contributed by atoms with Crippen LogP contribution in [0.3, 0.4) is 0 Å². The summed E-state index contributed by atoms with van der Waals surface area (Å²) in [5, 5.41) is 19.4. The summed E-state index contributed by atoms with van der Waals surface area (Å²) >= 11 is 6.59. The van der Waals surface area contributed by atoms with E-state index in [-0.39, 0.29) is 45.9 Å². The van der Waals surface area contributed by atoms with Gasteiger partial charge < -0.3 is 21.1 Å². The lowest BCUT2D eigenvalue weighted by molar-refractivity contribution is -0.137. The van der Waals surface area contributed by atoms with E-state index >= 15 is 0 Å². The molecule has 4 aliphatic heterocycles. The highest BCUT2D eigenvalue weighted by atomic mass is 32.2. The largest absolute Gasteiger partial charge is 0.481 e. The Morgan fingerprint density at radius 3 is 2.26 bits per heavy atom. The summed E-state index contributed by atoms with van der Waals surface area (Å²) in [5.41, 5.74) is 0. The van der Waals surface area contributed by atoms with Gasteiger partial charge in [0.05, 0.1) is 12.1 Å². The van der Waals surface area contributed by atoms with Crippen molar-refractivity contribution in [1.82, 2.24) is 16.0 Å². The molecule has 0 aromatic carbocycles. The third kappa shape index (κ3) is 10.8. The predicted octanol–water partition coefficient (Wildman–Crippen LogP) is 4.82. The van der Waals surface area contributed by atoms with E-state index in [0.717, 1.165) is 69.3 Å². The fourth-order valence-corrected chi connectivity index (χ4v) is 11.7. The van der Waals surface area contributed by atoms with Crippen LogP contribution in [-0.4, -0.2) is 84.4 Å². The average molecular weight is 660 g/mol. The van der Waals surface area contributed by atoms with E-state index in [1.54, 1.807) is 0 Å². The Balaban J connectivity index is 1.08. The van der Waals surface area contributed by atoms with Gasteiger partial charge in [0.15, 0.2) is 10.2 Å². The summed E-state index contributed by atoms with van der Waals surface area (Å²) in [6.07, 6.45) is 10.4. The summed E-state index contributed by atoms with van der Waals surface area (Å²) < 4.78 is 0. The molecule has 4 aliphatic rings. The number of fused-ring (bicyclic) bond motifs is 2. The first-order valence-corrected chi connectivity index (χ1v) is 19.4.